The third-order valence-electron chi connectivity index (χ3n) is 4.22. The van der Waals surface area contributed by atoms with Crippen molar-refractivity contribution >= 4 is 11.6 Å². The van der Waals surface area contributed by atoms with Gasteiger partial charge in [0.25, 0.3) is 0 Å². The number of hydrogen-bond acceptors (Lipinski definition) is 5. The number of hydrogen-bond donors (Lipinski definition) is 0. The first kappa shape index (κ1) is 16.1. The van der Waals surface area contributed by atoms with E-state index in [4.69, 9.17) is 11.6 Å². The smallest absolute Gasteiger partial charge is 0.217 e. The zero-order valence-electron chi connectivity index (χ0n) is 13.4. The number of fused-ring (bicyclic) bond motifs is 1. The first-order valence-corrected chi connectivity index (χ1v) is 8.34. The van der Waals surface area contributed by atoms with Crippen LogP contribution in [0.5, 0.6) is 0 Å². The van der Waals surface area contributed by atoms with Crippen LogP contribution in [-0.4, -0.2) is 31.4 Å². The summed E-state index contributed by atoms with van der Waals surface area (Å²) >= 11 is 5.92. The molecule has 0 atom stereocenters. The monoisotopic (exact) mass is 355 g/mol. The first-order chi connectivity index (χ1) is 12.2. The third kappa shape index (κ3) is 3.50. The molecule has 25 heavy (non-hydrogen) atoms. The maximum atomic E-state index is 13.8. The van der Waals surface area contributed by atoms with E-state index < -0.39 is 5.95 Å². The second-order valence-corrected chi connectivity index (χ2v) is 6.40. The molecule has 0 saturated carbocycles. The molecule has 4 rings (SSSR count). The molecule has 0 spiro atoms. The average molecular weight is 356 g/mol. The number of halogens is 2. The quantitative estimate of drug-likeness (QED) is 0.675. The van der Waals surface area contributed by atoms with Crippen molar-refractivity contribution < 1.29 is 4.39 Å². The van der Waals surface area contributed by atoms with Crippen LogP contribution in [0.25, 0.3) is 11.4 Å². The molecule has 7 heteroatoms. The Morgan fingerprint density at radius 2 is 2.00 bits per heavy atom. The topological polar surface area (TPSA) is 54.8 Å². The highest BCUT2D eigenvalue weighted by Gasteiger charge is 2.20. The number of pyridine rings is 2. The van der Waals surface area contributed by atoms with E-state index in [9.17, 15) is 4.39 Å². The van der Waals surface area contributed by atoms with Crippen LogP contribution in [-0.2, 0) is 19.5 Å². The fraction of sp³-hybridized carbons (Fsp3) is 0.222. The van der Waals surface area contributed by atoms with Crippen LogP contribution in [0, 0.1) is 5.95 Å². The second-order valence-electron chi connectivity index (χ2n) is 5.97. The van der Waals surface area contributed by atoms with Crippen molar-refractivity contribution in [2.75, 3.05) is 6.54 Å². The maximum absolute atomic E-state index is 13.8. The zero-order valence-corrected chi connectivity index (χ0v) is 14.1. The highest BCUT2D eigenvalue weighted by atomic mass is 35.5. The maximum Gasteiger partial charge on any atom is 0.217 e. The molecule has 0 radical (unpaired) electrons. The van der Waals surface area contributed by atoms with Gasteiger partial charge in [-0.3, -0.25) is 9.88 Å². The molecule has 126 valence electrons. The number of rotatable bonds is 3. The van der Waals surface area contributed by atoms with E-state index in [2.05, 4.69) is 24.8 Å². The lowest BCUT2D eigenvalue weighted by atomic mass is 10.1. The van der Waals surface area contributed by atoms with Crippen molar-refractivity contribution in [3.63, 3.8) is 0 Å². The van der Waals surface area contributed by atoms with Crippen molar-refractivity contribution in [2.24, 2.45) is 0 Å². The summed E-state index contributed by atoms with van der Waals surface area (Å²) in [6, 6.07) is 5.42. The minimum atomic E-state index is -0.473. The lowest BCUT2D eigenvalue weighted by molar-refractivity contribution is 0.239. The van der Waals surface area contributed by atoms with Gasteiger partial charge in [0.1, 0.15) is 0 Å². The molecule has 0 saturated heterocycles. The van der Waals surface area contributed by atoms with Crippen LogP contribution in [0.15, 0.2) is 43.0 Å². The fourth-order valence-corrected chi connectivity index (χ4v) is 3.15. The molecular weight excluding hydrogens is 341 g/mol. The van der Waals surface area contributed by atoms with E-state index in [0.717, 1.165) is 29.8 Å². The van der Waals surface area contributed by atoms with E-state index in [-0.39, 0.29) is 0 Å². The van der Waals surface area contributed by atoms with Crippen molar-refractivity contribution in [1.82, 2.24) is 24.8 Å². The van der Waals surface area contributed by atoms with Crippen molar-refractivity contribution in [2.45, 2.75) is 19.5 Å². The van der Waals surface area contributed by atoms with Crippen LogP contribution in [0.3, 0.4) is 0 Å². The molecular formula is C18H15ClFN5. The molecule has 0 N–H and O–H groups in total. The molecule has 1 aliphatic heterocycles. The molecule has 0 amide bonds. The summed E-state index contributed by atoms with van der Waals surface area (Å²) in [4.78, 5) is 19.0. The summed E-state index contributed by atoms with van der Waals surface area (Å²) in [6.45, 7) is 1.94. The van der Waals surface area contributed by atoms with Gasteiger partial charge in [-0.2, -0.15) is 4.39 Å². The van der Waals surface area contributed by atoms with Gasteiger partial charge in [0.05, 0.1) is 10.7 Å². The van der Waals surface area contributed by atoms with Crippen LogP contribution >= 0.6 is 11.6 Å². The standard InChI is InChI=1S/C18H15ClFN5/c19-15-7-13(17(20)22-9-15)10-25-6-3-16-14(11-25)8-23-18(24-16)12-1-4-21-5-2-12/h1-2,4-5,7-9H,3,6,10-11H2. The Balaban J connectivity index is 1.53. The number of aromatic nitrogens is 4. The van der Waals surface area contributed by atoms with Gasteiger partial charge in [-0.05, 0) is 18.2 Å². The van der Waals surface area contributed by atoms with E-state index in [1.54, 1.807) is 18.5 Å². The van der Waals surface area contributed by atoms with Crippen molar-refractivity contribution in [1.29, 1.82) is 0 Å². The largest absolute Gasteiger partial charge is 0.294 e. The molecule has 0 fully saturated rings. The number of nitrogens with zero attached hydrogens (tertiary/aromatic N) is 5. The summed E-state index contributed by atoms with van der Waals surface area (Å²) < 4.78 is 13.8. The minimum Gasteiger partial charge on any atom is -0.294 e. The highest BCUT2D eigenvalue weighted by molar-refractivity contribution is 6.30. The Morgan fingerprint density at radius 1 is 1.16 bits per heavy atom. The van der Waals surface area contributed by atoms with Gasteiger partial charge in [0, 0.05) is 67.5 Å². The van der Waals surface area contributed by atoms with Crippen LogP contribution in [0.4, 0.5) is 4.39 Å². The predicted octanol–water partition coefficient (Wildman–Crippen LogP) is 3.28. The second kappa shape index (κ2) is 6.82. The summed E-state index contributed by atoms with van der Waals surface area (Å²) in [5.41, 5.74) is 3.57. The fourth-order valence-electron chi connectivity index (χ4n) is 2.97. The molecule has 4 heterocycles. The summed E-state index contributed by atoms with van der Waals surface area (Å²) in [6.07, 6.45) is 7.43. The van der Waals surface area contributed by atoms with Gasteiger partial charge in [-0.25, -0.2) is 15.0 Å². The normalized spacial score (nSPS) is 14.3. The van der Waals surface area contributed by atoms with Gasteiger partial charge in [0.2, 0.25) is 5.95 Å². The Morgan fingerprint density at radius 3 is 2.84 bits per heavy atom. The molecule has 1 aliphatic rings. The van der Waals surface area contributed by atoms with E-state index >= 15 is 0 Å². The highest BCUT2D eigenvalue weighted by Crippen LogP contribution is 2.23. The summed E-state index contributed by atoms with van der Waals surface area (Å²) in [5, 5.41) is 0.444. The van der Waals surface area contributed by atoms with Crippen LogP contribution in [0.2, 0.25) is 5.02 Å². The lowest BCUT2D eigenvalue weighted by Crippen LogP contribution is -2.31. The Bertz CT molecular complexity index is 903. The molecule has 0 aliphatic carbocycles. The summed E-state index contributed by atoms with van der Waals surface area (Å²) in [7, 11) is 0. The van der Waals surface area contributed by atoms with Gasteiger partial charge in [0.15, 0.2) is 5.82 Å². The molecule has 0 aromatic carbocycles. The zero-order chi connectivity index (χ0) is 17.2. The lowest BCUT2D eigenvalue weighted by Gasteiger charge is -2.28. The van der Waals surface area contributed by atoms with E-state index in [1.165, 1.54) is 6.20 Å². The predicted molar refractivity (Wildman–Crippen MR) is 92.3 cm³/mol. The van der Waals surface area contributed by atoms with E-state index in [0.29, 0.717) is 29.5 Å². The minimum absolute atomic E-state index is 0.444. The van der Waals surface area contributed by atoms with Crippen LogP contribution < -0.4 is 0 Å². The van der Waals surface area contributed by atoms with Crippen LogP contribution in [0.1, 0.15) is 16.8 Å². The average Bonchev–Trinajstić information content (AvgIpc) is 2.65. The van der Waals surface area contributed by atoms with Gasteiger partial charge < -0.3 is 0 Å². The Hall–Kier alpha value is -2.44. The SMILES string of the molecule is Fc1ncc(Cl)cc1CN1CCc2nc(-c3ccncc3)ncc2C1. The molecule has 3 aromatic rings. The summed E-state index contributed by atoms with van der Waals surface area (Å²) in [5.74, 6) is 0.235. The van der Waals surface area contributed by atoms with Gasteiger partial charge in [-0.15, -0.1) is 0 Å². The van der Waals surface area contributed by atoms with Gasteiger partial charge in [-0.1, -0.05) is 11.6 Å². The third-order valence-corrected chi connectivity index (χ3v) is 4.43. The first-order valence-electron chi connectivity index (χ1n) is 7.96. The molecule has 0 bridgehead atoms. The Labute approximate surface area is 149 Å². The van der Waals surface area contributed by atoms with Crippen molar-refractivity contribution in [3.05, 3.63) is 70.8 Å². The molecule has 5 nitrogen and oxygen atoms in total. The van der Waals surface area contributed by atoms with Gasteiger partial charge >= 0.3 is 0 Å². The molecule has 3 aromatic heterocycles. The van der Waals surface area contributed by atoms with E-state index in [1.807, 2.05) is 18.3 Å². The molecule has 0 unspecified atom stereocenters. The Kier molecular flexibility index (Phi) is 4.38. The van der Waals surface area contributed by atoms with Crippen molar-refractivity contribution in [3.8, 4) is 11.4 Å².